The first kappa shape index (κ1) is 42.9. The number of benzene rings is 2. The summed E-state index contributed by atoms with van der Waals surface area (Å²) >= 11 is 0. The number of allylic oxidation sites excluding steroid dienone is 4. The summed E-state index contributed by atoms with van der Waals surface area (Å²) in [5, 5.41) is 0.142. The Bertz CT molecular complexity index is 2070. The Kier molecular flexibility index (Phi) is 15.7. The van der Waals surface area contributed by atoms with Crippen LogP contribution in [0.2, 0.25) is 0 Å². The summed E-state index contributed by atoms with van der Waals surface area (Å²) < 4.78 is 135. The maximum atomic E-state index is 12.2. The fraction of sp³-hybridized carbons (Fsp3) is 0.467. The van der Waals surface area contributed by atoms with Crippen LogP contribution in [-0.2, 0) is 50.0 Å². The summed E-state index contributed by atoms with van der Waals surface area (Å²) in [5.74, 6) is -1.40. The molecular weight excluding hydrogens is 741 g/mol. The summed E-state index contributed by atoms with van der Waals surface area (Å²) in [6.45, 7) is 3.75. The van der Waals surface area contributed by atoms with E-state index in [1.54, 1.807) is 38.1 Å². The van der Waals surface area contributed by atoms with Crippen molar-refractivity contribution in [3.63, 3.8) is 0 Å². The number of carbonyl (C=O) groups is 1. The molecule has 0 heterocycles. The Morgan fingerprint density at radius 1 is 0.820 bits per heavy atom. The Morgan fingerprint density at radius 3 is 2.04 bits per heavy atom. The van der Waals surface area contributed by atoms with E-state index in [-0.39, 0.29) is 49.0 Å². The topological polar surface area (TPSA) is 259 Å². The van der Waals surface area contributed by atoms with E-state index in [1.807, 2.05) is 4.90 Å². The number of rotatable bonds is 20. The molecule has 0 radical (unpaired) electrons. The smallest absolute Gasteiger partial charge is 0.305 e. The van der Waals surface area contributed by atoms with Crippen molar-refractivity contribution >= 4 is 68.6 Å². The van der Waals surface area contributed by atoms with Gasteiger partial charge in [-0.2, -0.15) is 33.7 Å². The molecule has 0 saturated carbocycles. The second-order valence-electron chi connectivity index (χ2n) is 11.3. The molecule has 0 aliphatic heterocycles. The largest absolute Gasteiger partial charge is 0.469 e. The summed E-state index contributed by atoms with van der Waals surface area (Å²) in [5.41, 5.74) is 1.95. The van der Waals surface area contributed by atoms with Gasteiger partial charge in [0.2, 0.25) is 0 Å². The maximum Gasteiger partial charge on any atom is 0.305 e. The molecule has 2 rings (SSSR count). The van der Waals surface area contributed by atoms with Crippen LogP contribution in [0.4, 0.5) is 5.69 Å². The number of aliphatic imine (C=N–C) groups is 1. The lowest BCUT2D eigenvalue weighted by Crippen LogP contribution is -2.23. The third-order valence-corrected chi connectivity index (χ3v) is 10.8. The standard InChI is InChI=1S/C30H42N2O14S4/c1-22(10-7-11-24(12-8-18-47(34,35)36)31-16-9-19-48(37,38)39)32(17-6-4-5-13-30(33)46-3)28-15-14-26-27(23(28)2)20-25(49(40,41)42)21-29(26)50(43,44)45/h7,10-11,14-15,20-21H,4-6,8-9,12-13,16-19H2,1-3H3,(H,34,35,36)(H,37,38,39)(H,40,41,42)(H,43,44,45)/b11-7+,22-10+,31-24?. The van der Waals surface area contributed by atoms with Crippen LogP contribution in [0.3, 0.4) is 0 Å². The molecule has 4 N–H and O–H groups in total. The van der Waals surface area contributed by atoms with E-state index in [9.17, 15) is 47.6 Å². The number of carbonyl (C=O) groups excluding carboxylic acids is 1. The van der Waals surface area contributed by atoms with E-state index in [1.165, 1.54) is 13.2 Å². The first-order valence-corrected chi connectivity index (χ1v) is 21.3. The highest BCUT2D eigenvalue weighted by atomic mass is 32.2. The number of ether oxygens (including phenoxy) is 1. The molecule has 0 saturated heterocycles. The predicted molar refractivity (Wildman–Crippen MR) is 188 cm³/mol. The molecule has 16 nitrogen and oxygen atoms in total. The highest BCUT2D eigenvalue weighted by molar-refractivity contribution is 7.87. The van der Waals surface area contributed by atoms with Crippen LogP contribution in [-0.4, -0.2) is 95.3 Å². The monoisotopic (exact) mass is 782 g/mol. The predicted octanol–water partition coefficient (Wildman–Crippen LogP) is 4.03. The quantitative estimate of drug-likeness (QED) is 0.0486. The van der Waals surface area contributed by atoms with Gasteiger partial charge in [-0.1, -0.05) is 18.6 Å². The van der Waals surface area contributed by atoms with E-state index in [0.717, 1.165) is 6.07 Å². The van der Waals surface area contributed by atoms with E-state index in [2.05, 4.69) is 9.73 Å². The first-order valence-electron chi connectivity index (χ1n) is 15.2. The average molecular weight is 783 g/mol. The molecule has 0 atom stereocenters. The molecule has 0 aromatic heterocycles. The van der Waals surface area contributed by atoms with Crippen LogP contribution in [0.25, 0.3) is 10.8 Å². The van der Waals surface area contributed by atoms with Gasteiger partial charge in [0.1, 0.15) is 4.90 Å². The van der Waals surface area contributed by atoms with Crippen molar-refractivity contribution in [3.05, 3.63) is 53.8 Å². The van der Waals surface area contributed by atoms with Crippen LogP contribution in [0.15, 0.2) is 63.0 Å². The van der Waals surface area contributed by atoms with Crippen LogP contribution < -0.4 is 4.90 Å². The van der Waals surface area contributed by atoms with Crippen molar-refractivity contribution in [2.24, 2.45) is 4.99 Å². The molecule has 0 aliphatic rings. The van der Waals surface area contributed by atoms with Crippen LogP contribution in [0.1, 0.15) is 57.4 Å². The fourth-order valence-electron chi connectivity index (χ4n) is 4.98. The summed E-state index contributed by atoms with van der Waals surface area (Å²) in [6.07, 6.45) is 6.95. The normalized spacial score (nSPS) is 13.7. The van der Waals surface area contributed by atoms with Gasteiger partial charge in [0, 0.05) is 42.0 Å². The number of aryl methyl sites for hydroxylation is 1. The van der Waals surface area contributed by atoms with Gasteiger partial charge in [0.05, 0.1) is 23.5 Å². The van der Waals surface area contributed by atoms with Crippen molar-refractivity contribution in [3.8, 4) is 0 Å². The number of nitrogens with zero attached hydrogens (tertiary/aromatic N) is 2. The lowest BCUT2D eigenvalue weighted by molar-refractivity contribution is -0.140. The summed E-state index contributed by atoms with van der Waals surface area (Å²) in [6, 6.07) is 4.75. The maximum absolute atomic E-state index is 12.2. The highest BCUT2D eigenvalue weighted by Crippen LogP contribution is 2.35. The second-order valence-corrected chi connectivity index (χ2v) is 17.2. The van der Waals surface area contributed by atoms with Crippen LogP contribution in [0, 0.1) is 6.92 Å². The molecule has 0 spiro atoms. The zero-order valence-electron chi connectivity index (χ0n) is 27.7. The summed E-state index contributed by atoms with van der Waals surface area (Å²) in [4.78, 5) is 16.3. The molecule has 0 aliphatic carbocycles. The number of methoxy groups -OCH3 is 1. The Labute approximate surface area is 292 Å². The number of esters is 1. The van der Waals surface area contributed by atoms with Gasteiger partial charge in [-0.15, -0.1) is 0 Å². The Hall–Kier alpha value is -3.24. The number of unbranched alkanes of at least 4 members (excludes halogenated alkanes) is 2. The van der Waals surface area contributed by atoms with Crippen LogP contribution in [0.5, 0.6) is 0 Å². The van der Waals surface area contributed by atoms with E-state index >= 15 is 0 Å². The van der Waals surface area contributed by atoms with E-state index in [0.29, 0.717) is 54.5 Å². The fourth-order valence-corrected chi connectivity index (χ4v) is 7.32. The molecule has 2 aromatic rings. The zero-order valence-corrected chi connectivity index (χ0v) is 31.0. The van der Waals surface area contributed by atoms with Gasteiger partial charge >= 0.3 is 5.97 Å². The van der Waals surface area contributed by atoms with Gasteiger partial charge < -0.3 is 9.64 Å². The molecule has 280 valence electrons. The third-order valence-electron chi connectivity index (χ3n) is 7.43. The molecule has 50 heavy (non-hydrogen) atoms. The molecule has 0 unspecified atom stereocenters. The minimum Gasteiger partial charge on any atom is -0.469 e. The third kappa shape index (κ3) is 14.5. The molecule has 2 aromatic carbocycles. The van der Waals surface area contributed by atoms with Crippen molar-refractivity contribution in [2.45, 2.75) is 68.6 Å². The molecule has 0 fully saturated rings. The average Bonchev–Trinajstić information content (AvgIpc) is 2.98. The number of hydrogen-bond donors (Lipinski definition) is 4. The first-order chi connectivity index (χ1) is 23.0. The molecule has 0 bridgehead atoms. The van der Waals surface area contributed by atoms with Gasteiger partial charge in [0.25, 0.3) is 40.5 Å². The number of fused-ring (bicyclic) bond motifs is 1. The second kappa shape index (κ2) is 18.3. The highest BCUT2D eigenvalue weighted by Gasteiger charge is 2.23. The van der Waals surface area contributed by atoms with Crippen molar-refractivity contribution in [1.29, 1.82) is 0 Å². The van der Waals surface area contributed by atoms with Crippen molar-refractivity contribution in [1.82, 2.24) is 0 Å². The molecule has 20 heteroatoms. The number of anilines is 1. The van der Waals surface area contributed by atoms with Gasteiger partial charge in [-0.3, -0.25) is 28.0 Å². The summed E-state index contributed by atoms with van der Waals surface area (Å²) in [7, 11) is -16.9. The Balaban J connectivity index is 2.58. The zero-order chi connectivity index (χ0) is 37.9. The SMILES string of the molecule is COC(=O)CCCCCN(/C(C)=C/C=C/C(CCCS(=O)(=O)O)=NCCCS(=O)(=O)O)c1ccc2c(S(=O)(=O)O)cc(S(=O)(=O)O)cc2c1C. The minimum absolute atomic E-state index is 0.00687. The van der Waals surface area contributed by atoms with Gasteiger partial charge in [-0.25, -0.2) is 0 Å². The minimum atomic E-state index is -4.91. The van der Waals surface area contributed by atoms with E-state index < -0.39 is 61.8 Å². The van der Waals surface area contributed by atoms with Crippen LogP contribution >= 0.6 is 0 Å². The van der Waals surface area contributed by atoms with Gasteiger partial charge in [-0.05, 0) is 87.3 Å². The lowest BCUT2D eigenvalue weighted by atomic mass is 10.0. The van der Waals surface area contributed by atoms with Crippen molar-refractivity contribution in [2.75, 3.05) is 36.6 Å². The van der Waals surface area contributed by atoms with Crippen molar-refractivity contribution < 1.29 is 61.4 Å². The lowest BCUT2D eigenvalue weighted by Gasteiger charge is -2.28. The molecule has 0 amide bonds. The molecular formula is C30H42N2O14S4. The Morgan fingerprint density at radius 2 is 1.46 bits per heavy atom. The number of hydrogen-bond acceptors (Lipinski definition) is 12. The van der Waals surface area contributed by atoms with Gasteiger partial charge in [0.15, 0.2) is 0 Å². The van der Waals surface area contributed by atoms with E-state index in [4.69, 9.17) is 9.11 Å².